The summed E-state index contributed by atoms with van der Waals surface area (Å²) in [7, 11) is 0. The van der Waals surface area contributed by atoms with Crippen LogP contribution in [0.25, 0.3) is 5.57 Å². The fourth-order valence-electron chi connectivity index (χ4n) is 4.69. The van der Waals surface area contributed by atoms with Crippen molar-refractivity contribution in [3.63, 3.8) is 0 Å². The zero-order chi connectivity index (χ0) is 23.7. The third-order valence-electron chi connectivity index (χ3n) is 6.69. The van der Waals surface area contributed by atoms with Crippen molar-refractivity contribution in [1.29, 1.82) is 0 Å². The van der Waals surface area contributed by atoms with Crippen molar-refractivity contribution in [1.82, 2.24) is 0 Å². The molecule has 5 heteroatoms. The summed E-state index contributed by atoms with van der Waals surface area (Å²) in [6.45, 7) is 6.39. The molecule has 0 aromatic heterocycles. The highest BCUT2D eigenvalue weighted by molar-refractivity contribution is 6.46. The lowest BCUT2D eigenvalue weighted by Crippen LogP contribution is -2.32. The summed E-state index contributed by atoms with van der Waals surface area (Å²) in [6, 6.07) is 25.0. The average Bonchev–Trinajstić information content (AvgIpc) is 3.09. The molecule has 0 atom stereocenters. The number of carbonyl (C=O) groups is 2. The number of carbonyl (C=O) groups excluding carboxylic acids is 2. The van der Waals surface area contributed by atoms with Gasteiger partial charge >= 0.3 is 0 Å². The number of piperidine rings is 1. The Bertz CT molecular complexity index is 1240. The van der Waals surface area contributed by atoms with Gasteiger partial charge in [0, 0.05) is 24.5 Å². The van der Waals surface area contributed by atoms with Crippen LogP contribution < -0.4 is 15.1 Å². The Labute approximate surface area is 200 Å². The van der Waals surface area contributed by atoms with Crippen molar-refractivity contribution in [3.05, 3.63) is 95.7 Å². The summed E-state index contributed by atoms with van der Waals surface area (Å²) in [4.78, 5) is 30.7. The third-order valence-corrected chi connectivity index (χ3v) is 6.69. The van der Waals surface area contributed by atoms with E-state index in [-0.39, 0.29) is 11.8 Å². The first-order chi connectivity index (χ1) is 16.5. The Balaban J connectivity index is 1.46. The minimum Gasteiger partial charge on any atom is -0.372 e. The number of hydrogen-bond donors (Lipinski definition) is 1. The smallest absolute Gasteiger partial charge is 0.282 e. The summed E-state index contributed by atoms with van der Waals surface area (Å²) in [5, 5.41) is 3.27. The second kappa shape index (κ2) is 9.18. The van der Waals surface area contributed by atoms with Gasteiger partial charge in [0.15, 0.2) is 0 Å². The van der Waals surface area contributed by atoms with Crippen LogP contribution in [0.1, 0.15) is 30.9 Å². The average molecular weight is 452 g/mol. The molecule has 5 nitrogen and oxygen atoms in total. The lowest BCUT2D eigenvalue weighted by Gasteiger charge is -2.32. The molecule has 0 radical (unpaired) electrons. The highest BCUT2D eigenvalue weighted by atomic mass is 16.2. The molecular weight excluding hydrogens is 422 g/mol. The summed E-state index contributed by atoms with van der Waals surface area (Å²) < 4.78 is 0. The monoisotopic (exact) mass is 451 g/mol. The van der Waals surface area contributed by atoms with E-state index in [1.54, 1.807) is 6.07 Å². The molecule has 1 saturated heterocycles. The molecule has 3 aromatic rings. The molecule has 2 amide bonds. The number of benzene rings is 3. The molecule has 1 fully saturated rings. The summed E-state index contributed by atoms with van der Waals surface area (Å²) >= 11 is 0. The van der Waals surface area contributed by atoms with Gasteiger partial charge in [-0.25, -0.2) is 4.90 Å². The van der Waals surface area contributed by atoms with Crippen LogP contribution in [0, 0.1) is 12.8 Å². The van der Waals surface area contributed by atoms with Crippen LogP contribution >= 0.6 is 0 Å². The Kier molecular flexibility index (Phi) is 5.93. The Morgan fingerprint density at radius 3 is 2.18 bits per heavy atom. The minimum absolute atomic E-state index is 0.303. The van der Waals surface area contributed by atoms with Crippen LogP contribution in [0.5, 0.6) is 0 Å². The fraction of sp³-hybridized carbons (Fsp3) is 0.241. The molecule has 0 spiro atoms. The Hall–Kier alpha value is -3.86. The number of aryl methyl sites for hydroxylation is 1. The molecule has 2 heterocycles. The summed E-state index contributed by atoms with van der Waals surface area (Å²) in [5.41, 5.74) is 4.95. The van der Waals surface area contributed by atoms with E-state index >= 15 is 0 Å². The first kappa shape index (κ1) is 22.0. The number of amides is 2. The first-order valence-electron chi connectivity index (χ1n) is 11.9. The van der Waals surface area contributed by atoms with Gasteiger partial charge in [-0.1, -0.05) is 49.4 Å². The van der Waals surface area contributed by atoms with Gasteiger partial charge in [0.2, 0.25) is 0 Å². The van der Waals surface area contributed by atoms with Crippen LogP contribution in [-0.2, 0) is 9.59 Å². The number of anilines is 3. The molecule has 34 heavy (non-hydrogen) atoms. The van der Waals surface area contributed by atoms with Crippen molar-refractivity contribution < 1.29 is 9.59 Å². The van der Waals surface area contributed by atoms with E-state index in [0.717, 1.165) is 35.8 Å². The number of nitrogens with zero attached hydrogens (tertiary/aromatic N) is 2. The number of rotatable bonds is 5. The molecule has 0 saturated carbocycles. The predicted octanol–water partition coefficient (Wildman–Crippen LogP) is 5.63. The SMILES string of the molecule is Cc1cccc(N2C(=O)C(Nc3ccc(N4CCC(C)CC4)cc3)=C(c3ccccc3)C2=O)c1. The third kappa shape index (κ3) is 4.21. The number of nitrogens with one attached hydrogen (secondary N) is 1. The topological polar surface area (TPSA) is 52.7 Å². The maximum Gasteiger partial charge on any atom is 0.282 e. The van der Waals surface area contributed by atoms with Gasteiger partial charge in [-0.2, -0.15) is 0 Å². The van der Waals surface area contributed by atoms with Gasteiger partial charge in [0.25, 0.3) is 11.8 Å². The summed E-state index contributed by atoms with van der Waals surface area (Å²) in [5.74, 6) is 0.120. The highest BCUT2D eigenvalue weighted by Crippen LogP contribution is 2.34. The lowest BCUT2D eigenvalue weighted by atomic mass is 9.99. The quantitative estimate of drug-likeness (QED) is 0.511. The maximum absolute atomic E-state index is 13.5. The minimum atomic E-state index is -0.344. The van der Waals surface area contributed by atoms with Gasteiger partial charge < -0.3 is 10.2 Å². The number of imide groups is 1. The molecule has 3 aromatic carbocycles. The van der Waals surface area contributed by atoms with Crippen LogP contribution in [-0.4, -0.2) is 24.9 Å². The second-order valence-corrected chi connectivity index (χ2v) is 9.24. The Morgan fingerprint density at radius 1 is 0.794 bits per heavy atom. The van der Waals surface area contributed by atoms with E-state index in [1.807, 2.05) is 67.6 Å². The second-order valence-electron chi connectivity index (χ2n) is 9.24. The molecular formula is C29H29N3O2. The van der Waals surface area contributed by atoms with Crippen molar-refractivity contribution >= 4 is 34.4 Å². The van der Waals surface area contributed by atoms with Crippen molar-refractivity contribution in [2.24, 2.45) is 5.92 Å². The van der Waals surface area contributed by atoms with Gasteiger partial charge in [0.1, 0.15) is 5.70 Å². The molecule has 0 unspecified atom stereocenters. The Morgan fingerprint density at radius 2 is 1.50 bits per heavy atom. The van der Waals surface area contributed by atoms with E-state index in [1.165, 1.54) is 23.4 Å². The van der Waals surface area contributed by atoms with Crippen LogP contribution in [0.3, 0.4) is 0 Å². The lowest BCUT2D eigenvalue weighted by molar-refractivity contribution is -0.120. The molecule has 2 aliphatic heterocycles. The predicted molar refractivity (Wildman–Crippen MR) is 138 cm³/mol. The van der Waals surface area contributed by atoms with Gasteiger partial charge in [0.05, 0.1) is 11.3 Å². The molecule has 5 rings (SSSR count). The first-order valence-corrected chi connectivity index (χ1v) is 11.9. The van der Waals surface area contributed by atoms with E-state index in [9.17, 15) is 9.59 Å². The van der Waals surface area contributed by atoms with Crippen LogP contribution in [0.4, 0.5) is 17.1 Å². The fourth-order valence-corrected chi connectivity index (χ4v) is 4.69. The van der Waals surface area contributed by atoms with Gasteiger partial charge in [-0.15, -0.1) is 0 Å². The molecule has 1 N–H and O–H groups in total. The standard InChI is InChI=1S/C29H29N3O2/c1-20-15-17-31(18-16-20)24-13-11-23(12-14-24)30-27-26(22-8-4-3-5-9-22)28(33)32(29(27)34)25-10-6-7-21(2)19-25/h3-14,19-20,30H,15-18H2,1-2H3. The molecule has 0 aliphatic carbocycles. The van der Waals surface area contributed by atoms with E-state index in [2.05, 4.69) is 29.3 Å². The maximum atomic E-state index is 13.5. The number of hydrogen-bond acceptors (Lipinski definition) is 4. The van der Waals surface area contributed by atoms with Gasteiger partial charge in [-0.05, 0) is 73.2 Å². The van der Waals surface area contributed by atoms with Crippen molar-refractivity contribution in [2.45, 2.75) is 26.7 Å². The zero-order valence-electron chi connectivity index (χ0n) is 19.6. The van der Waals surface area contributed by atoms with E-state index in [4.69, 9.17) is 0 Å². The largest absolute Gasteiger partial charge is 0.372 e. The molecule has 0 bridgehead atoms. The summed E-state index contributed by atoms with van der Waals surface area (Å²) in [6.07, 6.45) is 2.41. The highest BCUT2D eigenvalue weighted by Gasteiger charge is 2.40. The van der Waals surface area contributed by atoms with E-state index in [0.29, 0.717) is 17.0 Å². The van der Waals surface area contributed by atoms with Gasteiger partial charge in [-0.3, -0.25) is 9.59 Å². The zero-order valence-corrected chi connectivity index (χ0v) is 19.6. The van der Waals surface area contributed by atoms with Crippen molar-refractivity contribution in [2.75, 3.05) is 28.2 Å². The molecule has 172 valence electrons. The molecule has 2 aliphatic rings. The van der Waals surface area contributed by atoms with Crippen molar-refractivity contribution in [3.8, 4) is 0 Å². The van der Waals surface area contributed by atoms with Crippen LogP contribution in [0.15, 0.2) is 84.6 Å². The normalized spacial score (nSPS) is 17.0. The van der Waals surface area contributed by atoms with E-state index < -0.39 is 0 Å². The van der Waals surface area contributed by atoms with Crippen LogP contribution in [0.2, 0.25) is 0 Å².